The van der Waals surface area contributed by atoms with E-state index in [-0.39, 0.29) is 19.6 Å². The Hall–Kier alpha value is -4.05. The number of nitrogens with zero attached hydrogens (tertiary/aromatic N) is 2. The maximum absolute atomic E-state index is 13.7. The number of benzene rings is 2. The van der Waals surface area contributed by atoms with Gasteiger partial charge in [0, 0.05) is 12.1 Å². The molecule has 0 bridgehead atoms. The molecular formula is C28H27N2O7S+. The minimum Gasteiger partial charge on any atom is -0.458 e. The third-order valence-electron chi connectivity index (χ3n) is 7.12. The molecule has 2 fully saturated rings. The van der Waals surface area contributed by atoms with E-state index >= 15 is 0 Å². The molecule has 0 saturated carbocycles. The molecule has 1 unspecified atom stereocenters. The fourth-order valence-corrected chi connectivity index (χ4v) is 7.25. The van der Waals surface area contributed by atoms with Crippen molar-refractivity contribution in [3.63, 3.8) is 0 Å². The number of hydrogen-bond acceptors (Lipinski definition) is 7. The van der Waals surface area contributed by atoms with Crippen LogP contribution in [0.3, 0.4) is 0 Å². The predicted molar refractivity (Wildman–Crippen MR) is 135 cm³/mol. The van der Waals surface area contributed by atoms with Crippen LogP contribution in [-0.4, -0.2) is 53.9 Å². The summed E-state index contributed by atoms with van der Waals surface area (Å²) in [4.78, 5) is 40.6. The summed E-state index contributed by atoms with van der Waals surface area (Å²) in [6.07, 6.45) is 2.38. The molecule has 0 aliphatic carbocycles. The van der Waals surface area contributed by atoms with Crippen LogP contribution < -0.4 is 4.57 Å². The molecule has 0 radical (unpaired) electrons. The molecule has 9 nitrogen and oxygen atoms in total. The highest BCUT2D eigenvalue weighted by atomic mass is 32.2. The molecule has 0 N–H and O–H groups in total. The largest absolute Gasteiger partial charge is 0.458 e. The van der Waals surface area contributed by atoms with Gasteiger partial charge in [-0.3, -0.25) is 9.59 Å². The summed E-state index contributed by atoms with van der Waals surface area (Å²) in [7, 11) is -4.29. The molecule has 1 amide bonds. The number of pyridine rings is 1. The van der Waals surface area contributed by atoms with Crippen LogP contribution in [-0.2, 0) is 40.2 Å². The molecule has 10 heteroatoms. The van der Waals surface area contributed by atoms with Gasteiger partial charge in [0.25, 0.3) is 0 Å². The zero-order valence-corrected chi connectivity index (χ0v) is 21.5. The number of ether oxygens (including phenoxy) is 2. The zero-order chi connectivity index (χ0) is 26.9. The summed E-state index contributed by atoms with van der Waals surface area (Å²) in [5, 5.41) is -1.28. The van der Waals surface area contributed by atoms with Gasteiger partial charge in [-0.05, 0) is 18.1 Å². The SMILES string of the molecule is C[C@]1(C(=O)OCC[n+]2ccccc2)[C@H](C(=O)OC(c2ccccc2)c2ccccc2)N2C(=O)CC2S1(=O)=O. The molecule has 196 valence electrons. The molecule has 2 saturated heterocycles. The summed E-state index contributed by atoms with van der Waals surface area (Å²) in [5.41, 5.74) is 1.31. The van der Waals surface area contributed by atoms with E-state index in [9.17, 15) is 22.8 Å². The standard InChI is InChI=1S/C28H27N2O7S/c1-28(27(33)36-18-17-29-15-9-4-10-16-29)25(30-22(31)19-23(30)38(28,34)35)26(32)37-24(20-11-5-2-6-12-20)21-13-7-3-8-14-21/h2-16,23-25H,17-19H2,1H3/q+1/t23?,25-,28+/m0/s1. The second kappa shape index (κ2) is 10.0. The molecule has 3 aromatic rings. The van der Waals surface area contributed by atoms with Crippen LogP contribution in [0.4, 0.5) is 0 Å². The second-order valence-electron chi connectivity index (χ2n) is 9.40. The molecular weight excluding hydrogens is 508 g/mol. The van der Waals surface area contributed by atoms with Gasteiger partial charge in [0.05, 0.1) is 6.42 Å². The quantitative estimate of drug-likeness (QED) is 0.246. The number of amides is 1. The normalized spacial score (nSPS) is 23.4. The molecule has 3 atom stereocenters. The van der Waals surface area contributed by atoms with Crippen LogP contribution in [0.2, 0.25) is 0 Å². The van der Waals surface area contributed by atoms with Crippen molar-refractivity contribution >= 4 is 27.7 Å². The van der Waals surface area contributed by atoms with Crippen molar-refractivity contribution in [2.24, 2.45) is 0 Å². The van der Waals surface area contributed by atoms with Gasteiger partial charge in [0.1, 0.15) is 5.37 Å². The average Bonchev–Trinajstić information content (AvgIpc) is 3.08. The van der Waals surface area contributed by atoms with Crippen LogP contribution in [0.1, 0.15) is 30.6 Å². The molecule has 38 heavy (non-hydrogen) atoms. The van der Waals surface area contributed by atoms with E-state index in [1.165, 1.54) is 0 Å². The summed E-state index contributed by atoms with van der Waals surface area (Å²) < 4.78 is 37.8. The Labute approximate surface area is 220 Å². The third kappa shape index (κ3) is 4.24. The molecule has 2 aliphatic rings. The Morgan fingerprint density at radius 3 is 2.08 bits per heavy atom. The van der Waals surface area contributed by atoms with Crippen LogP contribution >= 0.6 is 0 Å². The fourth-order valence-electron chi connectivity index (χ4n) is 4.98. The van der Waals surface area contributed by atoms with Crippen molar-refractivity contribution in [3.8, 4) is 0 Å². The van der Waals surface area contributed by atoms with E-state index in [1.807, 2.05) is 30.3 Å². The second-order valence-corrected chi connectivity index (χ2v) is 11.9. The Balaban J connectivity index is 1.45. The summed E-state index contributed by atoms with van der Waals surface area (Å²) in [6, 6.07) is 21.7. The maximum atomic E-state index is 13.7. The first-order chi connectivity index (χ1) is 18.2. The number of rotatable bonds is 8. The van der Waals surface area contributed by atoms with Gasteiger partial charge in [-0.1, -0.05) is 66.7 Å². The Bertz CT molecular complexity index is 1410. The Morgan fingerprint density at radius 2 is 1.53 bits per heavy atom. The number of hydrogen-bond donors (Lipinski definition) is 0. The Kier molecular flexibility index (Phi) is 6.75. The van der Waals surface area contributed by atoms with E-state index < -0.39 is 49.9 Å². The van der Waals surface area contributed by atoms with Crippen LogP contribution in [0.25, 0.3) is 0 Å². The van der Waals surface area contributed by atoms with E-state index in [1.54, 1.807) is 65.5 Å². The van der Waals surface area contributed by atoms with Gasteiger partial charge in [-0.25, -0.2) is 17.8 Å². The maximum Gasteiger partial charge on any atom is 0.332 e. The first-order valence-corrected chi connectivity index (χ1v) is 13.8. The first-order valence-electron chi connectivity index (χ1n) is 12.2. The van der Waals surface area contributed by atoms with Crippen molar-refractivity contribution in [1.29, 1.82) is 0 Å². The van der Waals surface area contributed by atoms with E-state index in [0.717, 1.165) is 11.8 Å². The highest BCUT2D eigenvalue weighted by Crippen LogP contribution is 2.47. The number of carbonyl (C=O) groups is 3. The van der Waals surface area contributed by atoms with Crippen molar-refractivity contribution < 1.29 is 36.8 Å². The highest BCUT2D eigenvalue weighted by Gasteiger charge is 2.74. The Morgan fingerprint density at radius 1 is 0.974 bits per heavy atom. The van der Waals surface area contributed by atoms with Crippen molar-refractivity contribution in [1.82, 2.24) is 4.90 Å². The minimum atomic E-state index is -4.29. The van der Waals surface area contributed by atoms with Crippen LogP contribution in [0.15, 0.2) is 91.3 Å². The van der Waals surface area contributed by atoms with Gasteiger partial charge >= 0.3 is 11.9 Å². The van der Waals surface area contributed by atoms with Crippen molar-refractivity contribution in [2.75, 3.05) is 6.61 Å². The lowest BCUT2D eigenvalue weighted by molar-refractivity contribution is -0.697. The number of sulfone groups is 1. The van der Waals surface area contributed by atoms with Crippen LogP contribution in [0.5, 0.6) is 0 Å². The lowest BCUT2D eigenvalue weighted by atomic mass is 9.95. The molecule has 1 aromatic heterocycles. The third-order valence-corrected chi connectivity index (χ3v) is 9.81. The number of fused-ring (bicyclic) bond motifs is 1. The molecule has 2 aliphatic heterocycles. The minimum absolute atomic E-state index is 0.115. The fraction of sp³-hybridized carbons (Fsp3) is 0.286. The number of esters is 2. The zero-order valence-electron chi connectivity index (χ0n) is 20.7. The first kappa shape index (κ1) is 25.6. The lowest BCUT2D eigenvalue weighted by Gasteiger charge is -2.36. The summed E-state index contributed by atoms with van der Waals surface area (Å²) >= 11 is 0. The molecule has 5 rings (SSSR count). The average molecular weight is 536 g/mol. The van der Waals surface area contributed by atoms with Crippen molar-refractivity contribution in [3.05, 3.63) is 102 Å². The highest BCUT2D eigenvalue weighted by molar-refractivity contribution is 7.94. The summed E-state index contributed by atoms with van der Waals surface area (Å²) in [5.74, 6) is -2.61. The topological polar surface area (TPSA) is 111 Å². The van der Waals surface area contributed by atoms with E-state index in [2.05, 4.69) is 0 Å². The number of carbonyl (C=O) groups excluding carboxylic acids is 3. The number of aromatic nitrogens is 1. The molecule has 0 spiro atoms. The number of β-lactam (4-membered cyclic amide) rings is 1. The van der Waals surface area contributed by atoms with Crippen molar-refractivity contribution in [2.45, 2.75) is 42.2 Å². The summed E-state index contributed by atoms with van der Waals surface area (Å²) in [6.45, 7) is 1.32. The molecule has 2 aromatic carbocycles. The van der Waals surface area contributed by atoms with Gasteiger partial charge in [-0.2, -0.15) is 0 Å². The lowest BCUT2D eigenvalue weighted by Crippen LogP contribution is -2.59. The predicted octanol–water partition coefficient (Wildman–Crippen LogP) is 1.96. The van der Waals surface area contributed by atoms with Gasteiger partial charge < -0.3 is 14.4 Å². The smallest absolute Gasteiger partial charge is 0.332 e. The molecule has 3 heterocycles. The van der Waals surface area contributed by atoms with E-state index in [0.29, 0.717) is 11.1 Å². The monoisotopic (exact) mass is 535 g/mol. The van der Waals surface area contributed by atoms with Gasteiger partial charge in [-0.15, -0.1) is 0 Å². The van der Waals surface area contributed by atoms with Gasteiger partial charge in [0.2, 0.25) is 5.91 Å². The van der Waals surface area contributed by atoms with Gasteiger partial charge in [0.15, 0.2) is 52.3 Å². The van der Waals surface area contributed by atoms with E-state index in [4.69, 9.17) is 9.47 Å². The van der Waals surface area contributed by atoms with Crippen LogP contribution in [0, 0.1) is 0 Å².